The van der Waals surface area contributed by atoms with Gasteiger partial charge in [0.05, 0.1) is 5.56 Å². The number of hydrogen-bond donors (Lipinski definition) is 1. The Kier molecular flexibility index (Phi) is 3.50. The fourth-order valence-electron chi connectivity index (χ4n) is 2.44. The lowest BCUT2D eigenvalue weighted by molar-refractivity contribution is 0.0697. The maximum absolute atomic E-state index is 13.0. The lowest BCUT2D eigenvalue weighted by Gasteiger charge is -2.19. The average molecular weight is 300 g/mol. The summed E-state index contributed by atoms with van der Waals surface area (Å²) in [5.41, 5.74) is 1.28. The van der Waals surface area contributed by atoms with Crippen molar-refractivity contribution < 1.29 is 19.1 Å². The van der Waals surface area contributed by atoms with Gasteiger partial charge < -0.3 is 5.11 Å². The summed E-state index contributed by atoms with van der Waals surface area (Å²) in [4.78, 5) is 26.5. The summed E-state index contributed by atoms with van der Waals surface area (Å²) in [6, 6.07) is 11.7. The Morgan fingerprint density at radius 2 is 1.64 bits per heavy atom. The Bertz CT molecular complexity index is 730. The molecule has 0 spiro atoms. The van der Waals surface area contributed by atoms with Gasteiger partial charge in [-0.05, 0) is 42.5 Å². The molecule has 1 saturated heterocycles. The molecule has 2 aromatic carbocycles. The van der Waals surface area contributed by atoms with E-state index in [0.717, 1.165) is 0 Å². The smallest absolute Gasteiger partial charge is 0.335 e. The lowest BCUT2D eigenvalue weighted by Crippen LogP contribution is -2.31. The van der Waals surface area contributed by atoms with E-state index in [-0.39, 0.29) is 17.4 Å². The molecule has 2 amide bonds. The SMILES string of the molecule is O=C(O)c1cccc(N2CCN(c3ccc(F)cc3)C2=O)c1. The second-order valence-electron chi connectivity index (χ2n) is 4.92. The van der Waals surface area contributed by atoms with Gasteiger partial charge in [0.25, 0.3) is 0 Å². The third kappa shape index (κ3) is 2.50. The minimum atomic E-state index is -1.04. The number of anilines is 2. The van der Waals surface area contributed by atoms with Crippen LogP contribution in [0.15, 0.2) is 48.5 Å². The van der Waals surface area contributed by atoms with Crippen LogP contribution in [0, 0.1) is 5.82 Å². The second-order valence-corrected chi connectivity index (χ2v) is 4.92. The molecule has 0 bridgehead atoms. The molecule has 0 atom stereocenters. The van der Waals surface area contributed by atoms with Gasteiger partial charge in [0.15, 0.2) is 0 Å². The van der Waals surface area contributed by atoms with Crippen LogP contribution in [0.1, 0.15) is 10.4 Å². The third-order valence-electron chi connectivity index (χ3n) is 3.55. The molecule has 1 aliphatic rings. The largest absolute Gasteiger partial charge is 0.478 e. The van der Waals surface area contributed by atoms with Crippen LogP contribution < -0.4 is 9.80 Å². The summed E-state index contributed by atoms with van der Waals surface area (Å²) in [5.74, 6) is -1.40. The van der Waals surface area contributed by atoms with E-state index in [2.05, 4.69) is 0 Å². The topological polar surface area (TPSA) is 60.9 Å². The van der Waals surface area contributed by atoms with Crippen molar-refractivity contribution in [3.8, 4) is 0 Å². The van der Waals surface area contributed by atoms with E-state index >= 15 is 0 Å². The molecule has 112 valence electrons. The zero-order valence-electron chi connectivity index (χ0n) is 11.6. The van der Waals surface area contributed by atoms with E-state index in [1.54, 1.807) is 24.3 Å². The first-order chi connectivity index (χ1) is 10.6. The fourth-order valence-corrected chi connectivity index (χ4v) is 2.44. The van der Waals surface area contributed by atoms with Gasteiger partial charge in [0.2, 0.25) is 0 Å². The third-order valence-corrected chi connectivity index (χ3v) is 3.55. The molecule has 0 saturated carbocycles. The number of rotatable bonds is 3. The predicted molar refractivity (Wildman–Crippen MR) is 79.9 cm³/mol. The number of amides is 2. The van der Waals surface area contributed by atoms with Gasteiger partial charge in [-0.2, -0.15) is 0 Å². The van der Waals surface area contributed by atoms with Gasteiger partial charge in [-0.3, -0.25) is 9.80 Å². The molecule has 1 aliphatic heterocycles. The van der Waals surface area contributed by atoms with Crippen LogP contribution in [0.2, 0.25) is 0 Å². The molecule has 1 N–H and O–H groups in total. The molecule has 6 heteroatoms. The first-order valence-corrected chi connectivity index (χ1v) is 6.74. The van der Waals surface area contributed by atoms with Crippen molar-refractivity contribution in [1.82, 2.24) is 0 Å². The summed E-state index contributed by atoms with van der Waals surface area (Å²) in [7, 11) is 0. The summed E-state index contributed by atoms with van der Waals surface area (Å²) in [6.45, 7) is 0.904. The summed E-state index contributed by atoms with van der Waals surface area (Å²) < 4.78 is 13.0. The zero-order valence-corrected chi connectivity index (χ0v) is 11.6. The molecule has 0 aromatic heterocycles. The van der Waals surface area contributed by atoms with Crippen molar-refractivity contribution in [2.75, 3.05) is 22.9 Å². The van der Waals surface area contributed by atoms with Gasteiger partial charge >= 0.3 is 12.0 Å². The number of nitrogens with zero attached hydrogens (tertiary/aromatic N) is 2. The van der Waals surface area contributed by atoms with Crippen LogP contribution in [0.25, 0.3) is 0 Å². The predicted octanol–water partition coefficient (Wildman–Crippen LogP) is 2.97. The maximum Gasteiger partial charge on any atom is 0.335 e. The highest BCUT2D eigenvalue weighted by Gasteiger charge is 2.30. The van der Waals surface area contributed by atoms with Crippen molar-refractivity contribution >= 4 is 23.4 Å². The number of carboxylic acid groups (broad SMARTS) is 1. The van der Waals surface area contributed by atoms with Gasteiger partial charge in [-0.1, -0.05) is 6.07 Å². The van der Waals surface area contributed by atoms with E-state index < -0.39 is 5.97 Å². The molecule has 0 unspecified atom stereocenters. The molecule has 0 aliphatic carbocycles. The molecule has 22 heavy (non-hydrogen) atoms. The quantitative estimate of drug-likeness (QED) is 0.948. The van der Waals surface area contributed by atoms with Crippen LogP contribution in [0.5, 0.6) is 0 Å². The van der Waals surface area contributed by atoms with Crippen molar-refractivity contribution in [2.24, 2.45) is 0 Å². The molecule has 0 radical (unpaired) electrons. The van der Waals surface area contributed by atoms with Crippen LogP contribution in [0.4, 0.5) is 20.6 Å². The molecular weight excluding hydrogens is 287 g/mol. The Labute approximate surface area is 126 Å². The second kappa shape index (κ2) is 5.48. The Morgan fingerprint density at radius 3 is 2.27 bits per heavy atom. The highest BCUT2D eigenvalue weighted by Crippen LogP contribution is 2.25. The van der Waals surface area contributed by atoms with Gasteiger partial charge in [-0.25, -0.2) is 14.0 Å². The highest BCUT2D eigenvalue weighted by atomic mass is 19.1. The number of urea groups is 1. The summed E-state index contributed by atoms with van der Waals surface area (Å²) in [6.07, 6.45) is 0. The Morgan fingerprint density at radius 1 is 1.00 bits per heavy atom. The standard InChI is InChI=1S/C16H13FN2O3/c17-12-4-6-13(7-5-12)18-8-9-19(16(18)22)14-3-1-2-11(10-14)15(20)21/h1-7,10H,8-9H2,(H,20,21). The normalized spacial score (nSPS) is 14.5. The van der Waals surface area contributed by atoms with Crippen LogP contribution in [0.3, 0.4) is 0 Å². The van der Waals surface area contributed by atoms with Crippen molar-refractivity contribution in [2.45, 2.75) is 0 Å². The number of carboxylic acids is 1. The first kappa shape index (κ1) is 14.1. The number of hydrogen-bond acceptors (Lipinski definition) is 2. The van der Waals surface area contributed by atoms with E-state index in [1.165, 1.54) is 34.1 Å². The first-order valence-electron chi connectivity index (χ1n) is 6.74. The molecule has 2 aromatic rings. The van der Waals surface area contributed by atoms with Gasteiger partial charge in [-0.15, -0.1) is 0 Å². The number of halogens is 1. The maximum atomic E-state index is 13.0. The van der Waals surface area contributed by atoms with Gasteiger partial charge in [0, 0.05) is 24.5 Å². The molecule has 5 nitrogen and oxygen atoms in total. The Hall–Kier alpha value is -2.89. The molecular formula is C16H13FN2O3. The van der Waals surface area contributed by atoms with Gasteiger partial charge in [0.1, 0.15) is 5.82 Å². The number of carbonyl (C=O) groups is 2. The molecule has 1 fully saturated rings. The van der Waals surface area contributed by atoms with Crippen LogP contribution >= 0.6 is 0 Å². The lowest BCUT2D eigenvalue weighted by atomic mass is 10.2. The van der Waals surface area contributed by atoms with E-state index in [0.29, 0.717) is 24.5 Å². The van der Waals surface area contributed by atoms with E-state index in [9.17, 15) is 14.0 Å². The Balaban J connectivity index is 1.86. The minimum absolute atomic E-state index is 0.130. The van der Waals surface area contributed by atoms with Crippen LogP contribution in [-0.4, -0.2) is 30.2 Å². The van der Waals surface area contributed by atoms with E-state index in [1.807, 2.05) is 0 Å². The molecule has 3 rings (SSSR count). The molecule has 1 heterocycles. The number of benzene rings is 2. The van der Waals surface area contributed by atoms with Crippen LogP contribution in [-0.2, 0) is 0 Å². The minimum Gasteiger partial charge on any atom is -0.478 e. The van der Waals surface area contributed by atoms with Crippen molar-refractivity contribution in [3.63, 3.8) is 0 Å². The fraction of sp³-hybridized carbons (Fsp3) is 0.125. The highest BCUT2D eigenvalue weighted by molar-refractivity contribution is 6.06. The zero-order chi connectivity index (χ0) is 15.7. The average Bonchev–Trinajstić information content (AvgIpc) is 2.90. The number of carbonyl (C=O) groups excluding carboxylic acids is 1. The number of aromatic carboxylic acids is 1. The van der Waals surface area contributed by atoms with Crippen molar-refractivity contribution in [3.05, 3.63) is 59.9 Å². The monoisotopic (exact) mass is 300 g/mol. The van der Waals surface area contributed by atoms with Crippen molar-refractivity contribution in [1.29, 1.82) is 0 Å². The summed E-state index contributed by atoms with van der Waals surface area (Å²) >= 11 is 0. The summed E-state index contributed by atoms with van der Waals surface area (Å²) in [5, 5.41) is 9.02. The van der Waals surface area contributed by atoms with E-state index in [4.69, 9.17) is 5.11 Å².